The number of hydrogen-bond acceptors (Lipinski definition) is 9. The molecule has 2 aliphatic heterocycles. The number of aliphatic hydroxyl groups is 1. The van der Waals surface area contributed by atoms with Gasteiger partial charge in [0.05, 0.1) is 25.3 Å². The largest absolute Gasteiger partial charge is 0.481 e. The van der Waals surface area contributed by atoms with Crippen LogP contribution < -0.4 is 14.4 Å². The first kappa shape index (κ1) is 26.3. The van der Waals surface area contributed by atoms with Gasteiger partial charge in [0, 0.05) is 39.8 Å². The highest BCUT2D eigenvalue weighted by molar-refractivity contribution is 7.88. The van der Waals surface area contributed by atoms with Gasteiger partial charge in [-0.2, -0.15) is 17.7 Å². The van der Waals surface area contributed by atoms with Crippen molar-refractivity contribution in [2.45, 2.75) is 57.1 Å². The summed E-state index contributed by atoms with van der Waals surface area (Å²) in [5, 5.41) is 9.60. The second kappa shape index (κ2) is 11.2. The van der Waals surface area contributed by atoms with E-state index in [0.29, 0.717) is 11.5 Å². The topological polar surface area (TPSA) is 154 Å². The lowest BCUT2D eigenvalue weighted by atomic mass is 9.95. The van der Waals surface area contributed by atoms with Crippen molar-refractivity contribution in [1.82, 2.24) is 29.0 Å². The van der Waals surface area contributed by atoms with Gasteiger partial charge in [-0.25, -0.2) is 14.7 Å². The highest BCUT2D eigenvalue weighted by Gasteiger charge is 2.39. The summed E-state index contributed by atoms with van der Waals surface area (Å²) >= 11 is 0. The van der Waals surface area contributed by atoms with Gasteiger partial charge in [0.2, 0.25) is 11.8 Å². The number of hydrogen-bond donors (Lipinski definition) is 3. The number of rotatable bonds is 4. The van der Waals surface area contributed by atoms with Crippen molar-refractivity contribution < 1.29 is 25.9 Å². The van der Waals surface area contributed by atoms with E-state index < -0.39 is 16.1 Å². The van der Waals surface area contributed by atoms with Gasteiger partial charge >= 0.3 is 10.2 Å². The third kappa shape index (κ3) is 5.89. The fourth-order valence-electron chi connectivity index (χ4n) is 5.09. The normalized spacial score (nSPS) is 20.7. The number of piperidine rings is 1. The molecule has 1 amide bonds. The molecule has 5 heterocycles. The molecule has 3 aliphatic rings. The number of ether oxygens (including phenoxy) is 1. The van der Waals surface area contributed by atoms with Crippen LogP contribution in [0.1, 0.15) is 47.8 Å². The van der Waals surface area contributed by atoms with Gasteiger partial charge in [-0.05, 0) is 43.9 Å². The van der Waals surface area contributed by atoms with E-state index in [1.165, 1.54) is 10.7 Å². The monoisotopic (exact) mass is 547 g/mol. The highest BCUT2D eigenvalue weighted by Crippen LogP contribution is 2.26. The molecule has 12 nitrogen and oxygen atoms in total. The third-order valence-electron chi connectivity index (χ3n) is 7.17. The molecule has 208 valence electrons. The van der Waals surface area contributed by atoms with Crippen molar-refractivity contribution in [3.05, 3.63) is 30.5 Å². The van der Waals surface area contributed by atoms with Crippen LogP contribution in [-0.2, 0) is 15.0 Å². The number of aliphatic hydroxyl groups excluding tert-OH is 1. The fourth-order valence-corrected chi connectivity index (χ4v) is 6.45. The molecule has 0 radical (unpaired) electrons. The lowest BCUT2D eigenvalue weighted by Gasteiger charge is -2.30. The molecule has 1 aliphatic carbocycles. The van der Waals surface area contributed by atoms with Crippen LogP contribution in [0.15, 0.2) is 30.5 Å². The summed E-state index contributed by atoms with van der Waals surface area (Å²) < 4.78 is 31.4. The van der Waals surface area contributed by atoms with E-state index in [1.54, 1.807) is 13.2 Å². The fraction of sp³-hybridized carbons (Fsp3) is 0.520. The van der Waals surface area contributed by atoms with Gasteiger partial charge in [0.1, 0.15) is 11.6 Å². The molecular weight excluding hydrogens is 510 g/mol. The molecule has 0 atom stereocenters. The number of aromatic nitrogens is 4. The van der Waals surface area contributed by atoms with Gasteiger partial charge in [0.25, 0.3) is 0 Å². The molecule has 3 N–H and O–H groups in total. The smallest absolute Gasteiger partial charge is 0.304 e. The van der Waals surface area contributed by atoms with Crippen LogP contribution in [0.25, 0.3) is 22.6 Å². The molecular formula is C25H37N7O5S. The summed E-state index contributed by atoms with van der Waals surface area (Å²) in [4.78, 5) is 29.8. The lowest BCUT2D eigenvalue weighted by molar-refractivity contribution is -0.118. The molecule has 38 heavy (non-hydrogen) atoms. The predicted molar refractivity (Wildman–Crippen MR) is 146 cm³/mol. The Morgan fingerprint density at radius 2 is 1.82 bits per heavy atom. The van der Waals surface area contributed by atoms with E-state index in [1.807, 2.05) is 29.1 Å². The lowest BCUT2D eigenvalue weighted by Crippen LogP contribution is -2.39. The molecule has 0 bridgehead atoms. The molecule has 1 saturated carbocycles. The number of nitrogens with zero attached hydrogens (tertiary/aromatic N) is 5. The van der Waals surface area contributed by atoms with Crippen LogP contribution in [0.2, 0.25) is 0 Å². The SMILES string of the molecule is COc1ccc2[nH]c(-c3ccc(N4CCC(O)CC4)nc3)nc2n1.O=C1CN(C2CCCCC2)S(=O)(=O)N1.[HH].[HH]. The molecule has 2 saturated heterocycles. The number of carbonyl (C=O) groups is 1. The number of anilines is 1. The van der Waals surface area contributed by atoms with Crippen molar-refractivity contribution >= 4 is 33.1 Å². The Hall–Kier alpha value is -3.29. The van der Waals surface area contributed by atoms with Crippen LogP contribution in [0.5, 0.6) is 5.88 Å². The van der Waals surface area contributed by atoms with Gasteiger partial charge in [-0.1, -0.05) is 19.3 Å². The number of pyridine rings is 2. The number of amides is 1. The average Bonchev–Trinajstić information content (AvgIpc) is 3.48. The maximum atomic E-state index is 11.5. The second-order valence-corrected chi connectivity index (χ2v) is 11.4. The highest BCUT2D eigenvalue weighted by atomic mass is 32.2. The molecule has 3 fully saturated rings. The zero-order chi connectivity index (χ0) is 26.7. The Bertz CT molecular complexity index is 1380. The predicted octanol–water partition coefficient (Wildman–Crippen LogP) is 2.48. The summed E-state index contributed by atoms with van der Waals surface area (Å²) in [7, 11) is -1.91. The van der Waals surface area contributed by atoms with Crippen LogP contribution in [0, 0.1) is 0 Å². The Morgan fingerprint density at radius 1 is 1.05 bits per heavy atom. The number of fused-ring (bicyclic) bond motifs is 1. The van der Waals surface area contributed by atoms with Crippen molar-refractivity contribution in [3.8, 4) is 17.3 Å². The summed E-state index contributed by atoms with van der Waals surface area (Å²) in [6.45, 7) is 1.68. The van der Waals surface area contributed by atoms with E-state index in [-0.39, 0.29) is 21.5 Å². The van der Waals surface area contributed by atoms with Gasteiger partial charge < -0.3 is 19.7 Å². The number of methoxy groups -OCH3 is 1. The summed E-state index contributed by atoms with van der Waals surface area (Å²) in [6.07, 6.45) is 8.28. The van der Waals surface area contributed by atoms with E-state index >= 15 is 0 Å². The molecule has 3 aromatic rings. The summed E-state index contributed by atoms with van der Waals surface area (Å²) in [5.41, 5.74) is 2.39. The van der Waals surface area contributed by atoms with Crippen molar-refractivity contribution in [1.29, 1.82) is 0 Å². The molecule has 6 rings (SSSR count). The summed E-state index contributed by atoms with van der Waals surface area (Å²) in [6, 6.07) is 7.73. The van der Waals surface area contributed by atoms with Crippen LogP contribution in [0.4, 0.5) is 5.82 Å². The molecule has 13 heteroatoms. The Labute approximate surface area is 224 Å². The zero-order valence-corrected chi connectivity index (χ0v) is 22.2. The van der Waals surface area contributed by atoms with Crippen LogP contribution in [-0.4, -0.2) is 82.6 Å². The van der Waals surface area contributed by atoms with Crippen molar-refractivity contribution in [2.75, 3.05) is 31.6 Å². The minimum Gasteiger partial charge on any atom is -0.481 e. The first-order valence-electron chi connectivity index (χ1n) is 12.9. The third-order valence-corrected chi connectivity index (χ3v) is 8.70. The molecule has 3 aromatic heterocycles. The maximum absolute atomic E-state index is 11.5. The quantitative estimate of drug-likeness (QED) is 0.447. The number of nitrogens with one attached hydrogen (secondary N) is 2. The molecule has 0 unspecified atom stereocenters. The zero-order valence-electron chi connectivity index (χ0n) is 21.3. The van der Waals surface area contributed by atoms with E-state index in [9.17, 15) is 18.3 Å². The van der Waals surface area contributed by atoms with E-state index in [2.05, 4.69) is 24.8 Å². The van der Waals surface area contributed by atoms with Crippen LogP contribution >= 0.6 is 0 Å². The average molecular weight is 548 g/mol. The number of carbonyl (C=O) groups excluding carboxylic acids is 1. The second-order valence-electron chi connectivity index (χ2n) is 9.80. The Balaban J connectivity index is 0.000000238. The first-order chi connectivity index (χ1) is 18.3. The molecule has 0 spiro atoms. The van der Waals surface area contributed by atoms with Gasteiger partial charge in [-0.3, -0.25) is 4.79 Å². The number of imidazole rings is 1. The number of aromatic amines is 1. The van der Waals surface area contributed by atoms with Crippen molar-refractivity contribution in [2.24, 2.45) is 0 Å². The maximum Gasteiger partial charge on any atom is 0.304 e. The Kier molecular flexibility index (Phi) is 7.77. The summed E-state index contributed by atoms with van der Waals surface area (Å²) in [5.74, 6) is 1.80. The number of H-pyrrole nitrogens is 1. The van der Waals surface area contributed by atoms with E-state index in [0.717, 1.165) is 74.3 Å². The van der Waals surface area contributed by atoms with Gasteiger partial charge in [-0.15, -0.1) is 0 Å². The first-order valence-corrected chi connectivity index (χ1v) is 14.4. The minimum atomic E-state index is -3.50. The minimum absolute atomic E-state index is 0. The van der Waals surface area contributed by atoms with Crippen LogP contribution in [0.3, 0.4) is 0 Å². The molecule has 0 aromatic carbocycles. The van der Waals surface area contributed by atoms with Gasteiger partial charge in [0.15, 0.2) is 5.65 Å². The standard InChI is InChI=1S/C17H19N5O2.C8H14N2O3S.2H2/c1-24-15-5-3-13-17(20-15)21-16(19-13)11-2-4-14(18-10-11)22-8-6-12(23)7-9-22;11-8-6-10(14(12,13)9-8)7-4-2-1-3-5-7;;/h2-5,10,12,23H,6-9H2,1H3,(H,19,20,21);7H,1-6H2,(H,9,11);2*1H. The van der Waals surface area contributed by atoms with Crippen molar-refractivity contribution in [3.63, 3.8) is 0 Å². The Morgan fingerprint density at radius 3 is 2.45 bits per heavy atom. The van der Waals surface area contributed by atoms with E-state index in [4.69, 9.17) is 4.74 Å².